The molecule has 128 valence electrons. The van der Waals surface area contributed by atoms with Gasteiger partial charge in [0.1, 0.15) is 0 Å². The van der Waals surface area contributed by atoms with Gasteiger partial charge in [-0.25, -0.2) is 0 Å². The van der Waals surface area contributed by atoms with Crippen LogP contribution in [0, 0.1) is 0 Å². The summed E-state index contributed by atoms with van der Waals surface area (Å²) in [5.41, 5.74) is 1.59. The standard InChI is InChI=1S/C19H18NO4P/c21-19(22)12-17-7-3-4-8-18(17)20-25(23,24)13-14-9-10-15-5-1-2-6-16(15)11-14/h1-11H,12-13H2,(H,21,22)(H2,20,23,24). The molecule has 5 nitrogen and oxygen atoms in total. The lowest BCUT2D eigenvalue weighted by atomic mass is 10.1. The van der Waals surface area contributed by atoms with Crippen molar-refractivity contribution in [2.24, 2.45) is 0 Å². The SMILES string of the molecule is O=C(O)Cc1ccccc1NP(=O)(O)Cc1ccc2ccccc2c1. The molecule has 0 aliphatic rings. The molecular formula is C19H18NO4P. The van der Waals surface area contributed by atoms with E-state index in [2.05, 4.69) is 5.09 Å². The van der Waals surface area contributed by atoms with Gasteiger partial charge in [-0.05, 0) is 28.0 Å². The largest absolute Gasteiger partial charge is 0.481 e. The fourth-order valence-corrected chi connectivity index (χ4v) is 4.12. The van der Waals surface area contributed by atoms with Crippen molar-refractivity contribution in [3.05, 3.63) is 77.9 Å². The number of fused-ring (bicyclic) bond motifs is 1. The number of aliphatic carboxylic acids is 1. The maximum Gasteiger partial charge on any atom is 0.307 e. The number of hydrogen-bond acceptors (Lipinski definition) is 2. The lowest BCUT2D eigenvalue weighted by molar-refractivity contribution is -0.136. The molecule has 0 aliphatic carbocycles. The van der Waals surface area contributed by atoms with Crippen molar-refractivity contribution in [2.45, 2.75) is 12.6 Å². The van der Waals surface area contributed by atoms with Crippen LogP contribution in [-0.4, -0.2) is 16.0 Å². The Balaban J connectivity index is 1.82. The van der Waals surface area contributed by atoms with Crippen LogP contribution in [0.15, 0.2) is 66.7 Å². The second kappa shape index (κ2) is 7.09. The number of anilines is 1. The quantitative estimate of drug-likeness (QED) is 0.575. The smallest absolute Gasteiger partial charge is 0.307 e. The zero-order valence-electron chi connectivity index (χ0n) is 13.4. The lowest BCUT2D eigenvalue weighted by Gasteiger charge is -2.17. The number of nitrogens with one attached hydrogen (secondary N) is 1. The number of para-hydroxylation sites is 1. The van der Waals surface area contributed by atoms with Crippen molar-refractivity contribution in [1.82, 2.24) is 0 Å². The average Bonchev–Trinajstić information content (AvgIpc) is 2.55. The molecular weight excluding hydrogens is 337 g/mol. The Hall–Kier alpha value is -2.62. The van der Waals surface area contributed by atoms with Crippen LogP contribution in [-0.2, 0) is 21.9 Å². The van der Waals surface area contributed by atoms with Gasteiger partial charge >= 0.3 is 5.97 Å². The molecule has 0 amide bonds. The van der Waals surface area contributed by atoms with Crippen LogP contribution in [0.3, 0.4) is 0 Å². The predicted octanol–water partition coefficient (Wildman–Crippen LogP) is 4.26. The highest BCUT2D eigenvalue weighted by Gasteiger charge is 2.21. The van der Waals surface area contributed by atoms with Gasteiger partial charge in [-0.2, -0.15) is 0 Å². The summed E-state index contributed by atoms with van der Waals surface area (Å²) in [4.78, 5) is 21.3. The number of carboxylic acids is 1. The molecule has 3 aromatic carbocycles. The molecule has 1 unspecified atom stereocenters. The van der Waals surface area contributed by atoms with Gasteiger partial charge in [-0.15, -0.1) is 0 Å². The molecule has 0 aliphatic heterocycles. The van der Waals surface area contributed by atoms with Gasteiger partial charge in [-0.3, -0.25) is 9.36 Å². The van der Waals surface area contributed by atoms with E-state index in [-0.39, 0.29) is 12.6 Å². The van der Waals surface area contributed by atoms with E-state index in [1.807, 2.05) is 42.5 Å². The normalized spacial score (nSPS) is 13.3. The first-order valence-corrected chi connectivity index (χ1v) is 9.65. The molecule has 1 atom stereocenters. The van der Waals surface area contributed by atoms with E-state index in [1.165, 1.54) is 0 Å². The minimum Gasteiger partial charge on any atom is -0.481 e. The van der Waals surface area contributed by atoms with Crippen molar-refractivity contribution in [2.75, 3.05) is 5.09 Å². The lowest BCUT2D eigenvalue weighted by Crippen LogP contribution is -2.06. The van der Waals surface area contributed by atoms with Gasteiger partial charge in [0.05, 0.1) is 12.6 Å². The van der Waals surface area contributed by atoms with Crippen LogP contribution in [0.25, 0.3) is 10.8 Å². The van der Waals surface area contributed by atoms with Crippen LogP contribution in [0.1, 0.15) is 11.1 Å². The average molecular weight is 355 g/mol. The third kappa shape index (κ3) is 4.47. The molecule has 3 N–H and O–H groups in total. The second-order valence-electron chi connectivity index (χ2n) is 5.88. The third-order valence-corrected chi connectivity index (χ3v) is 5.25. The molecule has 3 aromatic rings. The molecule has 0 saturated heterocycles. The first kappa shape index (κ1) is 17.2. The number of hydrogen-bond donors (Lipinski definition) is 3. The molecule has 0 spiro atoms. The van der Waals surface area contributed by atoms with Crippen LogP contribution in [0.4, 0.5) is 5.69 Å². The van der Waals surface area contributed by atoms with Crippen LogP contribution in [0.5, 0.6) is 0 Å². The van der Waals surface area contributed by atoms with E-state index in [0.29, 0.717) is 11.3 Å². The van der Waals surface area contributed by atoms with Gasteiger partial charge in [0, 0.05) is 5.69 Å². The zero-order valence-corrected chi connectivity index (χ0v) is 14.3. The highest BCUT2D eigenvalue weighted by atomic mass is 31.2. The Kier molecular flexibility index (Phi) is 4.88. The van der Waals surface area contributed by atoms with E-state index in [1.54, 1.807) is 24.3 Å². The van der Waals surface area contributed by atoms with Crippen molar-refractivity contribution in [3.63, 3.8) is 0 Å². The van der Waals surface area contributed by atoms with Crippen molar-refractivity contribution >= 4 is 29.9 Å². The Morgan fingerprint density at radius 1 is 0.960 bits per heavy atom. The Bertz CT molecular complexity index is 970. The van der Waals surface area contributed by atoms with E-state index in [9.17, 15) is 14.3 Å². The predicted molar refractivity (Wildman–Crippen MR) is 98.9 cm³/mol. The molecule has 25 heavy (non-hydrogen) atoms. The fraction of sp³-hybridized carbons (Fsp3) is 0.105. The highest BCUT2D eigenvalue weighted by molar-refractivity contribution is 7.58. The van der Waals surface area contributed by atoms with Crippen LogP contribution >= 0.6 is 7.52 Å². The van der Waals surface area contributed by atoms with Crippen molar-refractivity contribution < 1.29 is 19.4 Å². The molecule has 0 radical (unpaired) electrons. The molecule has 3 rings (SSSR count). The van der Waals surface area contributed by atoms with Gasteiger partial charge in [0.25, 0.3) is 7.52 Å². The summed E-state index contributed by atoms with van der Waals surface area (Å²) in [6.45, 7) is 0. The van der Waals surface area contributed by atoms with E-state index < -0.39 is 13.5 Å². The number of benzene rings is 3. The van der Waals surface area contributed by atoms with Gasteiger partial charge in [0.2, 0.25) is 0 Å². The van der Waals surface area contributed by atoms with Gasteiger partial charge < -0.3 is 15.1 Å². The minimum absolute atomic E-state index is 0.0424. The molecule has 0 aromatic heterocycles. The maximum absolute atomic E-state index is 12.6. The van der Waals surface area contributed by atoms with E-state index >= 15 is 0 Å². The summed E-state index contributed by atoms with van der Waals surface area (Å²) in [6.07, 6.45) is -0.252. The first-order valence-electron chi connectivity index (χ1n) is 7.80. The van der Waals surface area contributed by atoms with Gasteiger partial charge in [0.15, 0.2) is 0 Å². The maximum atomic E-state index is 12.6. The molecule has 0 bridgehead atoms. The monoisotopic (exact) mass is 355 g/mol. The summed E-state index contributed by atoms with van der Waals surface area (Å²) < 4.78 is 12.6. The van der Waals surface area contributed by atoms with E-state index in [4.69, 9.17) is 5.11 Å². The summed E-state index contributed by atoms with van der Waals surface area (Å²) in [5, 5.41) is 13.7. The first-order chi connectivity index (χ1) is 11.9. The highest BCUT2D eigenvalue weighted by Crippen LogP contribution is 2.45. The number of carboxylic acid groups (broad SMARTS) is 1. The Morgan fingerprint density at radius 3 is 2.40 bits per heavy atom. The van der Waals surface area contributed by atoms with Gasteiger partial charge in [-0.1, -0.05) is 60.7 Å². The van der Waals surface area contributed by atoms with Crippen LogP contribution in [0.2, 0.25) is 0 Å². The molecule has 0 heterocycles. The molecule has 0 saturated carbocycles. The van der Waals surface area contributed by atoms with Crippen LogP contribution < -0.4 is 5.09 Å². The Morgan fingerprint density at radius 2 is 1.64 bits per heavy atom. The van der Waals surface area contributed by atoms with Crippen molar-refractivity contribution in [3.8, 4) is 0 Å². The second-order valence-corrected chi connectivity index (χ2v) is 7.82. The van der Waals surface area contributed by atoms with Crippen molar-refractivity contribution in [1.29, 1.82) is 0 Å². The summed E-state index contributed by atoms with van der Waals surface area (Å²) in [7, 11) is -3.73. The summed E-state index contributed by atoms with van der Waals surface area (Å²) in [6, 6.07) is 20.1. The third-order valence-electron chi connectivity index (χ3n) is 3.86. The molecule has 0 fully saturated rings. The zero-order chi connectivity index (χ0) is 17.9. The number of rotatable bonds is 6. The Labute approximate surface area is 145 Å². The topological polar surface area (TPSA) is 86.6 Å². The number of carbonyl (C=O) groups is 1. The minimum atomic E-state index is -3.73. The molecule has 6 heteroatoms. The van der Waals surface area contributed by atoms with E-state index in [0.717, 1.165) is 16.3 Å². The fourth-order valence-electron chi connectivity index (χ4n) is 2.76. The summed E-state index contributed by atoms with van der Waals surface area (Å²) >= 11 is 0. The summed E-state index contributed by atoms with van der Waals surface area (Å²) in [5.74, 6) is -0.989.